The minimum Gasteiger partial charge on any atom is -0.230 e. The van der Waals surface area contributed by atoms with Crippen molar-refractivity contribution in [1.29, 1.82) is 0 Å². The third kappa shape index (κ3) is 1.54. The molecule has 1 aromatic heterocycles. The first-order chi connectivity index (χ1) is 6.31. The highest BCUT2D eigenvalue weighted by Crippen LogP contribution is 2.12. The molecule has 0 saturated heterocycles. The molecule has 0 spiro atoms. The van der Waals surface area contributed by atoms with Crippen molar-refractivity contribution in [1.82, 2.24) is 9.97 Å². The van der Waals surface area contributed by atoms with Crippen LogP contribution in [0.1, 0.15) is 0 Å². The fraction of sp³-hybridized carbons (Fsp3) is 0.111. The van der Waals surface area contributed by atoms with Gasteiger partial charge in [-0.1, -0.05) is 29.4 Å². The average Bonchev–Trinajstić information content (AvgIpc) is 2.18. The lowest BCUT2D eigenvalue weighted by Crippen LogP contribution is -2.04. The number of fused-ring (bicyclic) bond motifs is 1. The maximum absolute atomic E-state index is 5.76. The minimum absolute atomic E-state index is 0.727. The fourth-order valence-electron chi connectivity index (χ4n) is 1.16. The molecule has 2 aromatic rings. The number of nitrogens with zero attached hydrogens (tertiary/aromatic N) is 2. The molecule has 0 aliphatic heterocycles. The van der Waals surface area contributed by atoms with E-state index >= 15 is 0 Å². The number of hydrogen-bond donors (Lipinski definition) is 0. The molecule has 2 nitrogen and oxygen atoms in total. The van der Waals surface area contributed by atoms with Crippen LogP contribution in [0.2, 0.25) is 0 Å². The lowest BCUT2D eigenvalue weighted by molar-refractivity contribution is 1.01. The van der Waals surface area contributed by atoms with Gasteiger partial charge in [-0.2, -0.15) is 0 Å². The molecule has 0 unspecified atom stereocenters. The summed E-state index contributed by atoms with van der Waals surface area (Å²) in [7, 11) is 5.76. The van der Waals surface area contributed by atoms with Gasteiger partial charge in [0.25, 0.3) is 0 Å². The van der Waals surface area contributed by atoms with Crippen LogP contribution in [0.3, 0.4) is 0 Å². The number of thioether (sulfide) groups is 1. The van der Waals surface area contributed by atoms with Crippen LogP contribution in [-0.4, -0.2) is 24.1 Å². The van der Waals surface area contributed by atoms with E-state index in [0.717, 1.165) is 21.5 Å². The summed E-state index contributed by atoms with van der Waals surface area (Å²) in [4.78, 5) is 8.48. The highest BCUT2D eigenvalue weighted by Gasteiger charge is 1.99. The Labute approximate surface area is 82.2 Å². The zero-order valence-corrected chi connectivity index (χ0v) is 8.01. The Balaban J connectivity index is 2.72. The van der Waals surface area contributed by atoms with Crippen molar-refractivity contribution in [2.24, 2.45) is 0 Å². The summed E-state index contributed by atoms with van der Waals surface area (Å²) in [5.74, 6) is 0. The Morgan fingerprint density at radius 2 is 2.23 bits per heavy atom. The van der Waals surface area contributed by atoms with Gasteiger partial charge in [0.1, 0.15) is 7.85 Å². The SMILES string of the molecule is [B]c1cccc2nc(SC)ncc12. The topological polar surface area (TPSA) is 25.8 Å². The lowest BCUT2D eigenvalue weighted by atomic mass is 9.93. The first-order valence-corrected chi connectivity index (χ1v) is 5.09. The molecule has 1 aromatic carbocycles. The van der Waals surface area contributed by atoms with Crippen LogP contribution >= 0.6 is 11.8 Å². The monoisotopic (exact) mass is 186 g/mol. The molecule has 0 aliphatic carbocycles. The van der Waals surface area contributed by atoms with Gasteiger partial charge in [0, 0.05) is 11.6 Å². The minimum atomic E-state index is 0.727. The molecule has 2 radical (unpaired) electrons. The van der Waals surface area contributed by atoms with Gasteiger partial charge >= 0.3 is 0 Å². The summed E-state index contributed by atoms with van der Waals surface area (Å²) >= 11 is 1.53. The first-order valence-electron chi connectivity index (χ1n) is 3.86. The first kappa shape index (κ1) is 8.57. The van der Waals surface area contributed by atoms with Crippen LogP contribution in [0.5, 0.6) is 0 Å². The quantitative estimate of drug-likeness (QED) is 0.379. The predicted molar refractivity (Wildman–Crippen MR) is 56.7 cm³/mol. The van der Waals surface area contributed by atoms with Crippen molar-refractivity contribution in [3.05, 3.63) is 24.4 Å². The van der Waals surface area contributed by atoms with Gasteiger partial charge in [-0.3, -0.25) is 0 Å². The zero-order chi connectivity index (χ0) is 9.26. The molecular weight excluding hydrogens is 179 g/mol. The number of benzene rings is 1. The van der Waals surface area contributed by atoms with Crippen molar-refractivity contribution in [3.8, 4) is 0 Å². The van der Waals surface area contributed by atoms with Gasteiger partial charge in [-0.15, -0.1) is 0 Å². The highest BCUT2D eigenvalue weighted by molar-refractivity contribution is 7.98. The Bertz CT molecular complexity index is 445. The molecule has 0 fully saturated rings. The maximum Gasteiger partial charge on any atom is 0.187 e. The molecule has 0 aliphatic rings. The van der Waals surface area contributed by atoms with E-state index in [4.69, 9.17) is 7.85 Å². The van der Waals surface area contributed by atoms with E-state index in [1.807, 2.05) is 24.5 Å². The number of rotatable bonds is 1. The Hall–Kier alpha value is -1.03. The second kappa shape index (κ2) is 3.38. The van der Waals surface area contributed by atoms with Gasteiger partial charge in [0.2, 0.25) is 0 Å². The Morgan fingerprint density at radius 1 is 1.38 bits per heavy atom. The van der Waals surface area contributed by atoms with Crippen LogP contribution in [-0.2, 0) is 0 Å². The Kier molecular flexibility index (Phi) is 2.23. The summed E-state index contributed by atoms with van der Waals surface area (Å²) in [6.07, 6.45) is 3.72. The summed E-state index contributed by atoms with van der Waals surface area (Å²) in [5.41, 5.74) is 1.63. The van der Waals surface area contributed by atoms with Crippen LogP contribution in [0.15, 0.2) is 29.6 Å². The van der Waals surface area contributed by atoms with Gasteiger partial charge in [-0.05, 0) is 12.3 Å². The summed E-state index contributed by atoms with van der Waals surface area (Å²) in [5, 5.41) is 1.69. The van der Waals surface area contributed by atoms with E-state index in [9.17, 15) is 0 Å². The molecule has 0 bridgehead atoms. The van der Waals surface area contributed by atoms with Crippen molar-refractivity contribution >= 4 is 36.0 Å². The lowest BCUT2D eigenvalue weighted by Gasteiger charge is -2.01. The second-order valence-electron chi connectivity index (χ2n) is 2.64. The van der Waals surface area contributed by atoms with Crippen LogP contribution in [0.4, 0.5) is 0 Å². The molecule has 0 atom stereocenters. The van der Waals surface area contributed by atoms with Crippen molar-refractivity contribution < 1.29 is 0 Å². The maximum atomic E-state index is 5.76. The van der Waals surface area contributed by atoms with E-state index in [-0.39, 0.29) is 0 Å². The van der Waals surface area contributed by atoms with Crippen molar-refractivity contribution in [3.63, 3.8) is 0 Å². The van der Waals surface area contributed by atoms with Gasteiger partial charge in [0.15, 0.2) is 5.16 Å². The van der Waals surface area contributed by atoms with Gasteiger partial charge < -0.3 is 0 Å². The summed E-state index contributed by atoms with van der Waals surface area (Å²) in [6.45, 7) is 0. The molecule has 0 N–H and O–H groups in total. The van der Waals surface area contributed by atoms with Crippen molar-refractivity contribution in [2.45, 2.75) is 5.16 Å². The molecule has 2 rings (SSSR count). The van der Waals surface area contributed by atoms with Gasteiger partial charge in [-0.25, -0.2) is 9.97 Å². The van der Waals surface area contributed by atoms with Crippen LogP contribution < -0.4 is 5.46 Å². The van der Waals surface area contributed by atoms with Crippen LogP contribution in [0.25, 0.3) is 10.9 Å². The smallest absolute Gasteiger partial charge is 0.187 e. The van der Waals surface area contributed by atoms with Crippen LogP contribution in [0, 0.1) is 0 Å². The number of aromatic nitrogens is 2. The zero-order valence-electron chi connectivity index (χ0n) is 7.19. The average molecular weight is 186 g/mol. The van der Waals surface area contributed by atoms with E-state index in [1.165, 1.54) is 11.8 Å². The van der Waals surface area contributed by atoms with E-state index < -0.39 is 0 Å². The number of hydrogen-bond acceptors (Lipinski definition) is 3. The van der Waals surface area contributed by atoms with Gasteiger partial charge in [0.05, 0.1) is 5.52 Å². The highest BCUT2D eigenvalue weighted by atomic mass is 32.2. The summed E-state index contributed by atoms with van der Waals surface area (Å²) in [6, 6.07) is 5.69. The molecular formula is C9H7BN2S. The molecule has 0 saturated carbocycles. The van der Waals surface area contributed by atoms with E-state index in [2.05, 4.69) is 9.97 Å². The standard InChI is InChI=1S/C9H7BN2S/c1-13-9-11-5-6-7(10)3-2-4-8(6)12-9/h2-5H,1H3. The fourth-order valence-corrected chi connectivity index (χ4v) is 1.51. The molecule has 13 heavy (non-hydrogen) atoms. The largest absolute Gasteiger partial charge is 0.230 e. The normalized spacial score (nSPS) is 10.5. The predicted octanol–water partition coefficient (Wildman–Crippen LogP) is 1.15. The Morgan fingerprint density at radius 3 is 3.00 bits per heavy atom. The third-order valence-electron chi connectivity index (χ3n) is 1.82. The molecule has 4 heteroatoms. The van der Waals surface area contributed by atoms with Crippen molar-refractivity contribution in [2.75, 3.05) is 6.26 Å². The van der Waals surface area contributed by atoms with E-state index in [0.29, 0.717) is 0 Å². The van der Waals surface area contributed by atoms with E-state index in [1.54, 1.807) is 6.20 Å². The molecule has 1 heterocycles. The molecule has 62 valence electrons. The summed E-state index contributed by atoms with van der Waals surface area (Å²) < 4.78 is 0. The third-order valence-corrected chi connectivity index (χ3v) is 2.38. The molecule has 0 amide bonds. The second-order valence-corrected chi connectivity index (χ2v) is 3.41.